The third kappa shape index (κ3) is 3.96. The van der Waals surface area contributed by atoms with Crippen molar-refractivity contribution in [1.82, 2.24) is 20.0 Å². The second-order valence-corrected chi connectivity index (χ2v) is 6.80. The minimum absolute atomic E-state index is 0.113. The Hall–Kier alpha value is -2.48. The zero-order valence-corrected chi connectivity index (χ0v) is 15.1. The maximum Gasteiger partial charge on any atom is 0.240 e. The van der Waals surface area contributed by atoms with Crippen LogP contribution in [-0.4, -0.2) is 53.1 Å². The molecule has 0 spiro atoms. The number of amides is 1. The van der Waals surface area contributed by atoms with E-state index < -0.39 is 0 Å². The Kier molecular flexibility index (Phi) is 4.98. The molecule has 2 aromatic heterocycles. The summed E-state index contributed by atoms with van der Waals surface area (Å²) >= 11 is 0. The van der Waals surface area contributed by atoms with E-state index >= 15 is 0 Å². The van der Waals surface area contributed by atoms with Crippen molar-refractivity contribution in [2.24, 2.45) is 0 Å². The van der Waals surface area contributed by atoms with Gasteiger partial charge in [0.2, 0.25) is 11.8 Å². The number of hydrogen-bond donors (Lipinski definition) is 1. The van der Waals surface area contributed by atoms with Gasteiger partial charge in [0.25, 0.3) is 0 Å². The molecule has 0 fully saturated rings. The van der Waals surface area contributed by atoms with Gasteiger partial charge in [-0.25, -0.2) is 9.97 Å². The van der Waals surface area contributed by atoms with E-state index in [1.807, 2.05) is 32.8 Å². The maximum atomic E-state index is 12.3. The number of hydrogen-bond acceptors (Lipinski definition) is 7. The van der Waals surface area contributed by atoms with Gasteiger partial charge in [-0.2, -0.15) is 0 Å². The van der Waals surface area contributed by atoms with Gasteiger partial charge >= 0.3 is 0 Å². The number of nitrogens with one attached hydrogen (secondary N) is 1. The molecule has 3 rings (SSSR count). The van der Waals surface area contributed by atoms with E-state index in [9.17, 15) is 4.79 Å². The quantitative estimate of drug-likeness (QED) is 0.882. The Labute approximate surface area is 147 Å². The highest BCUT2D eigenvalue weighted by atomic mass is 16.5. The molecular formula is C17H24N6O2. The zero-order chi connectivity index (χ0) is 18.0. The molecule has 0 aliphatic carbocycles. The van der Waals surface area contributed by atoms with Gasteiger partial charge in [0.15, 0.2) is 0 Å². The minimum atomic E-state index is -0.113. The van der Waals surface area contributed by atoms with Gasteiger partial charge in [-0.1, -0.05) is 19.0 Å². The van der Waals surface area contributed by atoms with E-state index in [4.69, 9.17) is 4.52 Å². The predicted molar refractivity (Wildman–Crippen MR) is 94.6 cm³/mol. The van der Waals surface area contributed by atoms with Crippen molar-refractivity contribution < 1.29 is 9.32 Å². The first-order valence-electron chi connectivity index (χ1n) is 8.43. The van der Waals surface area contributed by atoms with Crippen molar-refractivity contribution in [3.63, 3.8) is 0 Å². The van der Waals surface area contributed by atoms with Crippen LogP contribution in [0.5, 0.6) is 0 Å². The summed E-state index contributed by atoms with van der Waals surface area (Å²) in [5.41, 5.74) is 2.98. The van der Waals surface area contributed by atoms with Gasteiger partial charge in [-0.15, -0.1) is 0 Å². The van der Waals surface area contributed by atoms with Crippen LogP contribution in [0.1, 0.15) is 36.7 Å². The molecule has 8 heteroatoms. The Morgan fingerprint density at radius 3 is 2.88 bits per heavy atom. The molecule has 1 N–H and O–H groups in total. The number of fused-ring (bicyclic) bond motifs is 1. The fourth-order valence-corrected chi connectivity index (χ4v) is 2.90. The summed E-state index contributed by atoms with van der Waals surface area (Å²) in [6.45, 7) is 5.79. The number of aromatic nitrogens is 3. The Bertz CT molecular complexity index is 755. The Balaban J connectivity index is 1.63. The first-order chi connectivity index (χ1) is 11.9. The average Bonchev–Trinajstić information content (AvgIpc) is 3.02. The highest BCUT2D eigenvalue weighted by molar-refractivity contribution is 5.91. The summed E-state index contributed by atoms with van der Waals surface area (Å²) in [6, 6.07) is 1.77. The summed E-state index contributed by atoms with van der Waals surface area (Å²) in [4.78, 5) is 25.1. The van der Waals surface area contributed by atoms with Crippen molar-refractivity contribution in [1.29, 1.82) is 0 Å². The average molecular weight is 344 g/mol. The number of rotatable bonds is 5. The van der Waals surface area contributed by atoms with Gasteiger partial charge in [-0.05, 0) is 5.92 Å². The summed E-state index contributed by atoms with van der Waals surface area (Å²) in [7, 11) is 3.93. The number of carbonyl (C=O) groups is 1. The SMILES string of the molecule is CC(C)c1cc(NC(=O)CN2CCc3ncnc(N(C)C)c3C2)on1. The zero-order valence-electron chi connectivity index (χ0n) is 15.1. The van der Waals surface area contributed by atoms with Crippen molar-refractivity contribution in [3.05, 3.63) is 29.3 Å². The summed E-state index contributed by atoms with van der Waals surface area (Å²) in [6.07, 6.45) is 2.42. The summed E-state index contributed by atoms with van der Waals surface area (Å²) in [5, 5.41) is 6.73. The van der Waals surface area contributed by atoms with Gasteiger partial charge in [0, 0.05) is 45.2 Å². The molecule has 0 saturated carbocycles. The number of carbonyl (C=O) groups excluding carboxylic acids is 1. The number of nitrogens with zero attached hydrogens (tertiary/aromatic N) is 5. The van der Waals surface area contributed by atoms with Crippen molar-refractivity contribution in [2.45, 2.75) is 32.7 Å². The van der Waals surface area contributed by atoms with Gasteiger partial charge < -0.3 is 9.42 Å². The maximum absolute atomic E-state index is 12.3. The fraction of sp³-hybridized carbons (Fsp3) is 0.529. The highest BCUT2D eigenvalue weighted by Crippen LogP contribution is 2.24. The van der Waals surface area contributed by atoms with Crippen LogP contribution >= 0.6 is 0 Å². The van der Waals surface area contributed by atoms with Crippen LogP contribution in [0.3, 0.4) is 0 Å². The first-order valence-corrected chi connectivity index (χ1v) is 8.43. The topological polar surface area (TPSA) is 87.4 Å². The normalized spacial score (nSPS) is 14.4. The fourth-order valence-electron chi connectivity index (χ4n) is 2.90. The lowest BCUT2D eigenvalue weighted by Crippen LogP contribution is -2.38. The number of anilines is 2. The van der Waals surface area contributed by atoms with Gasteiger partial charge in [0.05, 0.1) is 17.9 Å². The predicted octanol–water partition coefficient (Wildman–Crippen LogP) is 1.65. The van der Waals surface area contributed by atoms with Crippen LogP contribution in [0.15, 0.2) is 16.9 Å². The molecule has 0 radical (unpaired) electrons. The standard InChI is InChI=1S/C17H24N6O2/c1-11(2)14-7-16(25-21-14)20-15(24)9-23-6-5-13-12(8-23)17(22(3)4)19-10-18-13/h7,10-11H,5-6,8-9H2,1-4H3,(H,20,24). The van der Waals surface area contributed by atoms with Crippen molar-refractivity contribution in [3.8, 4) is 0 Å². The molecule has 0 aromatic carbocycles. The molecule has 3 heterocycles. The van der Waals surface area contributed by atoms with E-state index in [1.54, 1.807) is 12.4 Å². The third-order valence-corrected chi connectivity index (χ3v) is 4.23. The molecule has 134 valence electrons. The molecule has 1 aliphatic heterocycles. The monoisotopic (exact) mass is 344 g/mol. The van der Waals surface area contributed by atoms with Crippen LogP contribution in [-0.2, 0) is 17.8 Å². The van der Waals surface area contributed by atoms with Crippen LogP contribution < -0.4 is 10.2 Å². The molecule has 1 amide bonds. The molecule has 0 unspecified atom stereocenters. The highest BCUT2D eigenvalue weighted by Gasteiger charge is 2.23. The van der Waals surface area contributed by atoms with Crippen LogP contribution in [0.2, 0.25) is 0 Å². The van der Waals surface area contributed by atoms with Crippen LogP contribution in [0.4, 0.5) is 11.7 Å². The molecule has 2 aromatic rings. The molecule has 0 saturated heterocycles. The second-order valence-electron chi connectivity index (χ2n) is 6.80. The molecule has 0 bridgehead atoms. The van der Waals surface area contributed by atoms with E-state index in [2.05, 4.69) is 25.3 Å². The van der Waals surface area contributed by atoms with Gasteiger partial charge in [-0.3, -0.25) is 15.0 Å². The lowest BCUT2D eigenvalue weighted by molar-refractivity contribution is -0.117. The Morgan fingerprint density at radius 1 is 1.40 bits per heavy atom. The Morgan fingerprint density at radius 2 is 2.20 bits per heavy atom. The lowest BCUT2D eigenvalue weighted by atomic mass is 10.1. The van der Waals surface area contributed by atoms with Crippen molar-refractivity contribution >= 4 is 17.6 Å². The largest absolute Gasteiger partial charge is 0.362 e. The molecular weight excluding hydrogens is 320 g/mol. The van der Waals surface area contributed by atoms with Crippen molar-refractivity contribution in [2.75, 3.05) is 37.4 Å². The van der Waals surface area contributed by atoms with Crippen LogP contribution in [0.25, 0.3) is 0 Å². The van der Waals surface area contributed by atoms with Crippen LogP contribution in [0, 0.1) is 0 Å². The molecule has 0 atom stereocenters. The van der Waals surface area contributed by atoms with E-state index in [0.717, 1.165) is 35.7 Å². The lowest BCUT2D eigenvalue weighted by Gasteiger charge is -2.29. The van der Waals surface area contributed by atoms with E-state index in [0.29, 0.717) is 19.0 Å². The molecule has 8 nitrogen and oxygen atoms in total. The smallest absolute Gasteiger partial charge is 0.240 e. The minimum Gasteiger partial charge on any atom is -0.362 e. The van der Waals surface area contributed by atoms with Gasteiger partial charge in [0.1, 0.15) is 12.1 Å². The molecule has 1 aliphatic rings. The van der Waals surface area contributed by atoms with E-state index in [1.165, 1.54) is 0 Å². The first kappa shape index (κ1) is 17.3. The second kappa shape index (κ2) is 7.18. The molecule has 25 heavy (non-hydrogen) atoms. The summed E-state index contributed by atoms with van der Waals surface area (Å²) < 4.78 is 5.17. The van der Waals surface area contributed by atoms with E-state index in [-0.39, 0.29) is 11.8 Å². The third-order valence-electron chi connectivity index (χ3n) is 4.23. The summed E-state index contributed by atoms with van der Waals surface area (Å²) in [5.74, 6) is 1.45.